The fraction of sp³-hybridized carbons (Fsp3) is 0.433. The first kappa shape index (κ1) is 27.5. The van der Waals surface area contributed by atoms with Crippen molar-refractivity contribution < 1.29 is 23.1 Å². The molecule has 1 amide bonds. The molecule has 0 aliphatic carbocycles. The van der Waals surface area contributed by atoms with Gasteiger partial charge < -0.3 is 19.9 Å². The van der Waals surface area contributed by atoms with Crippen LogP contribution in [0.1, 0.15) is 48.3 Å². The van der Waals surface area contributed by atoms with Crippen molar-refractivity contribution in [3.63, 3.8) is 0 Å². The highest BCUT2D eigenvalue weighted by molar-refractivity contribution is 5.75. The Bertz CT molecular complexity index is 1500. The minimum Gasteiger partial charge on any atom is -0.390 e. The number of nitrogens with one attached hydrogen (secondary N) is 1. The molecule has 4 heterocycles. The molecule has 11 heteroatoms. The van der Waals surface area contributed by atoms with E-state index in [-0.39, 0.29) is 12.5 Å². The maximum Gasteiger partial charge on any atom is 0.416 e. The molecule has 2 aromatic carbocycles. The van der Waals surface area contributed by atoms with Crippen LogP contribution in [0, 0.1) is 0 Å². The van der Waals surface area contributed by atoms with Crippen LogP contribution in [0.25, 0.3) is 22.3 Å². The number of nitrogens with zero attached hydrogens (tertiary/aromatic N) is 5. The number of hydrogen-bond acceptors (Lipinski definition) is 5. The van der Waals surface area contributed by atoms with E-state index >= 15 is 0 Å². The molecule has 8 nitrogen and oxygen atoms in total. The van der Waals surface area contributed by atoms with Crippen molar-refractivity contribution >= 4 is 16.9 Å². The van der Waals surface area contributed by atoms with E-state index in [1.54, 1.807) is 9.58 Å². The molecule has 1 fully saturated rings. The summed E-state index contributed by atoms with van der Waals surface area (Å²) in [7, 11) is 0. The number of likely N-dealkylation sites (tertiary alicyclic amines) is 1. The van der Waals surface area contributed by atoms with Gasteiger partial charge in [0.05, 0.1) is 34.9 Å². The third-order valence-corrected chi connectivity index (χ3v) is 8.30. The number of piperidine rings is 1. The van der Waals surface area contributed by atoms with Crippen LogP contribution in [0.3, 0.4) is 0 Å². The molecular weight excluding hydrogens is 533 g/mol. The molecule has 4 aromatic rings. The SMILES string of the molecule is CC(=O)N1CCc2c(c(-c3ccc(C(F)(F)F)cc3)nn2CC(O)CN2CCC(c3nc4ccccc4[nH]3)CC2)C1. The van der Waals surface area contributed by atoms with E-state index in [2.05, 4.69) is 9.88 Å². The molecular formula is C30H33F3N6O2. The van der Waals surface area contributed by atoms with E-state index in [0.29, 0.717) is 43.2 Å². The first-order valence-corrected chi connectivity index (χ1v) is 14.0. The number of hydrogen-bond donors (Lipinski definition) is 2. The van der Waals surface area contributed by atoms with Crippen molar-refractivity contribution in [2.75, 3.05) is 26.2 Å². The topological polar surface area (TPSA) is 90.3 Å². The van der Waals surface area contributed by atoms with E-state index in [1.165, 1.54) is 19.1 Å². The smallest absolute Gasteiger partial charge is 0.390 e. The monoisotopic (exact) mass is 566 g/mol. The Kier molecular flexibility index (Phi) is 7.33. The number of aromatic amines is 1. The molecule has 0 spiro atoms. The number of imidazole rings is 1. The predicted octanol–water partition coefficient (Wildman–Crippen LogP) is 4.59. The van der Waals surface area contributed by atoms with Crippen molar-refractivity contribution in [3.05, 3.63) is 71.2 Å². The number of H-pyrrole nitrogens is 1. The molecule has 1 unspecified atom stereocenters. The second-order valence-electron chi connectivity index (χ2n) is 11.1. The number of amides is 1. The maximum atomic E-state index is 13.1. The second-order valence-corrected chi connectivity index (χ2v) is 11.1. The summed E-state index contributed by atoms with van der Waals surface area (Å²) in [6.07, 6.45) is -2.63. The minimum absolute atomic E-state index is 0.0622. The van der Waals surface area contributed by atoms with Gasteiger partial charge in [-0.2, -0.15) is 18.3 Å². The van der Waals surface area contributed by atoms with Crippen LogP contribution in [0.4, 0.5) is 13.2 Å². The van der Waals surface area contributed by atoms with Gasteiger partial charge in [0, 0.05) is 55.7 Å². The van der Waals surface area contributed by atoms with Crippen molar-refractivity contribution in [1.82, 2.24) is 29.5 Å². The van der Waals surface area contributed by atoms with Crippen LogP contribution in [-0.2, 0) is 30.5 Å². The minimum atomic E-state index is -4.42. The Hall–Kier alpha value is -3.70. The molecule has 216 valence electrons. The molecule has 0 saturated carbocycles. The third kappa shape index (κ3) is 5.73. The van der Waals surface area contributed by atoms with Gasteiger partial charge in [-0.25, -0.2) is 4.98 Å². The van der Waals surface area contributed by atoms with Gasteiger partial charge in [0.25, 0.3) is 0 Å². The van der Waals surface area contributed by atoms with E-state index in [1.807, 2.05) is 24.3 Å². The number of carbonyl (C=O) groups is 1. The van der Waals surface area contributed by atoms with E-state index < -0.39 is 17.8 Å². The number of alkyl halides is 3. The average Bonchev–Trinajstić information content (AvgIpc) is 3.54. The van der Waals surface area contributed by atoms with Crippen LogP contribution >= 0.6 is 0 Å². The third-order valence-electron chi connectivity index (χ3n) is 8.30. The van der Waals surface area contributed by atoms with Gasteiger partial charge in [-0.15, -0.1) is 0 Å². The summed E-state index contributed by atoms with van der Waals surface area (Å²) in [6, 6.07) is 13.0. The molecule has 41 heavy (non-hydrogen) atoms. The summed E-state index contributed by atoms with van der Waals surface area (Å²) in [5.41, 5.74) is 4.15. The molecule has 2 aliphatic rings. The summed E-state index contributed by atoms with van der Waals surface area (Å²) in [5, 5.41) is 15.8. The lowest BCUT2D eigenvalue weighted by molar-refractivity contribution is -0.137. The molecule has 6 rings (SSSR count). The molecule has 2 aromatic heterocycles. The number of para-hydroxylation sites is 2. The highest BCUT2D eigenvalue weighted by Gasteiger charge is 2.32. The van der Waals surface area contributed by atoms with Crippen molar-refractivity contribution in [2.24, 2.45) is 0 Å². The largest absolute Gasteiger partial charge is 0.416 e. The lowest BCUT2D eigenvalue weighted by Gasteiger charge is -2.32. The van der Waals surface area contributed by atoms with Gasteiger partial charge in [0.15, 0.2) is 0 Å². The summed E-state index contributed by atoms with van der Waals surface area (Å²) < 4.78 is 41.2. The van der Waals surface area contributed by atoms with Crippen LogP contribution < -0.4 is 0 Å². The van der Waals surface area contributed by atoms with Crippen molar-refractivity contribution in [3.8, 4) is 11.3 Å². The van der Waals surface area contributed by atoms with Crippen molar-refractivity contribution in [2.45, 2.75) is 57.5 Å². The summed E-state index contributed by atoms with van der Waals surface area (Å²) in [6.45, 7) is 4.84. The number of carbonyl (C=O) groups excluding carboxylic acids is 1. The molecule has 1 saturated heterocycles. The fourth-order valence-electron chi connectivity index (χ4n) is 6.07. The number of fused-ring (bicyclic) bond motifs is 2. The zero-order valence-corrected chi connectivity index (χ0v) is 22.9. The van der Waals surface area contributed by atoms with Crippen LogP contribution in [0.15, 0.2) is 48.5 Å². The Balaban J connectivity index is 1.14. The molecule has 0 radical (unpaired) electrons. The summed E-state index contributed by atoms with van der Waals surface area (Å²) >= 11 is 0. The zero-order chi connectivity index (χ0) is 28.7. The standard InChI is InChI=1S/C30H33F3N6O2/c1-19(40)38-15-12-27-24(18-38)28(20-6-8-22(9-7-20)30(31,32)33)36-39(27)17-23(41)16-37-13-10-21(11-14-37)29-34-25-4-2-3-5-26(25)35-29/h2-9,21,23,41H,10-18H2,1H3,(H,34,35). The van der Waals surface area contributed by atoms with Gasteiger partial charge >= 0.3 is 6.18 Å². The normalized spacial score (nSPS) is 17.6. The number of aliphatic hydroxyl groups excluding tert-OH is 1. The fourth-order valence-corrected chi connectivity index (χ4v) is 6.07. The average molecular weight is 567 g/mol. The van der Waals surface area contributed by atoms with Crippen LogP contribution in [-0.4, -0.2) is 72.8 Å². The molecule has 0 bridgehead atoms. The Morgan fingerprint density at radius 2 is 1.80 bits per heavy atom. The molecule has 2 N–H and O–H groups in total. The van der Waals surface area contributed by atoms with Gasteiger partial charge in [0.2, 0.25) is 5.91 Å². The Morgan fingerprint density at radius 3 is 2.49 bits per heavy atom. The van der Waals surface area contributed by atoms with E-state index in [9.17, 15) is 23.1 Å². The number of rotatable bonds is 6. The number of aliphatic hydroxyl groups is 1. The second kappa shape index (κ2) is 10.9. The maximum absolute atomic E-state index is 13.1. The number of benzene rings is 2. The van der Waals surface area contributed by atoms with E-state index in [4.69, 9.17) is 10.1 Å². The first-order valence-electron chi connectivity index (χ1n) is 14.0. The number of halogens is 3. The van der Waals surface area contributed by atoms with Gasteiger partial charge in [-0.1, -0.05) is 24.3 Å². The van der Waals surface area contributed by atoms with Gasteiger partial charge in [-0.05, 0) is 50.2 Å². The highest BCUT2D eigenvalue weighted by Crippen LogP contribution is 2.34. The summed E-state index contributed by atoms with van der Waals surface area (Å²) in [5.74, 6) is 1.31. The Labute approximate surface area is 235 Å². The highest BCUT2D eigenvalue weighted by atomic mass is 19.4. The lowest BCUT2D eigenvalue weighted by Crippen LogP contribution is -2.40. The zero-order valence-electron chi connectivity index (χ0n) is 22.9. The predicted molar refractivity (Wildman–Crippen MR) is 148 cm³/mol. The first-order chi connectivity index (χ1) is 19.7. The molecule has 2 aliphatic heterocycles. The van der Waals surface area contributed by atoms with Gasteiger partial charge in [-0.3, -0.25) is 9.48 Å². The molecule has 1 atom stereocenters. The Morgan fingerprint density at radius 1 is 1.07 bits per heavy atom. The van der Waals surface area contributed by atoms with E-state index in [0.717, 1.165) is 66.2 Å². The number of β-amino-alcohol motifs (C(OH)–C–C–N with tert-alkyl or cyclic N) is 1. The quantitative estimate of drug-likeness (QED) is 0.356. The summed E-state index contributed by atoms with van der Waals surface area (Å²) in [4.78, 5) is 24.3. The number of aromatic nitrogens is 4. The lowest BCUT2D eigenvalue weighted by atomic mass is 9.96. The van der Waals surface area contributed by atoms with Gasteiger partial charge in [0.1, 0.15) is 5.82 Å². The van der Waals surface area contributed by atoms with Crippen LogP contribution in [0.5, 0.6) is 0 Å². The van der Waals surface area contributed by atoms with Crippen LogP contribution in [0.2, 0.25) is 0 Å². The van der Waals surface area contributed by atoms with Crippen molar-refractivity contribution in [1.29, 1.82) is 0 Å².